The Kier molecular flexibility index (Phi) is 6.10. The van der Waals surface area contributed by atoms with E-state index in [9.17, 15) is 4.79 Å². The molecule has 0 fully saturated rings. The first-order valence-electron chi connectivity index (χ1n) is 8.21. The zero-order chi connectivity index (χ0) is 14.2. The average Bonchev–Trinajstić information content (AvgIpc) is 2.50. The van der Waals surface area contributed by atoms with Crippen molar-refractivity contribution in [2.75, 3.05) is 11.4 Å². The molecule has 0 saturated carbocycles. The number of aryl methyl sites for hydroxylation is 1. The van der Waals surface area contributed by atoms with Gasteiger partial charge in [0.25, 0.3) is 0 Å². The molecule has 0 aliphatic carbocycles. The van der Waals surface area contributed by atoms with Gasteiger partial charge in [-0.1, -0.05) is 57.2 Å². The number of para-hydroxylation sites is 1. The van der Waals surface area contributed by atoms with Crippen LogP contribution in [-0.2, 0) is 11.2 Å². The monoisotopic (exact) mass is 273 g/mol. The van der Waals surface area contributed by atoms with Gasteiger partial charge >= 0.3 is 0 Å². The van der Waals surface area contributed by atoms with E-state index in [2.05, 4.69) is 25.1 Å². The summed E-state index contributed by atoms with van der Waals surface area (Å²) in [5.41, 5.74) is 2.48. The molecular formula is C18H27NO. The van der Waals surface area contributed by atoms with E-state index in [0.717, 1.165) is 31.5 Å². The van der Waals surface area contributed by atoms with Crippen molar-refractivity contribution in [1.29, 1.82) is 0 Å². The van der Waals surface area contributed by atoms with E-state index in [-0.39, 0.29) is 0 Å². The molecule has 0 radical (unpaired) electrons. The van der Waals surface area contributed by atoms with E-state index in [1.807, 2.05) is 11.0 Å². The van der Waals surface area contributed by atoms with Crippen LogP contribution in [0.5, 0.6) is 0 Å². The van der Waals surface area contributed by atoms with Crippen molar-refractivity contribution in [3.8, 4) is 0 Å². The molecule has 1 aromatic rings. The lowest BCUT2D eigenvalue weighted by atomic mass is 10.0. The number of hydrogen-bond donors (Lipinski definition) is 0. The summed E-state index contributed by atoms with van der Waals surface area (Å²) in [7, 11) is 0. The van der Waals surface area contributed by atoms with Gasteiger partial charge in [-0.15, -0.1) is 0 Å². The number of hydrogen-bond acceptors (Lipinski definition) is 1. The number of benzene rings is 1. The van der Waals surface area contributed by atoms with Crippen LogP contribution in [0.3, 0.4) is 0 Å². The van der Waals surface area contributed by atoms with Crippen molar-refractivity contribution >= 4 is 11.6 Å². The number of anilines is 1. The molecule has 1 aliphatic heterocycles. The number of unbranched alkanes of at least 4 members (excludes halogenated alkanes) is 5. The van der Waals surface area contributed by atoms with Gasteiger partial charge in [-0.3, -0.25) is 4.79 Å². The highest BCUT2D eigenvalue weighted by molar-refractivity contribution is 5.94. The van der Waals surface area contributed by atoms with E-state index in [1.165, 1.54) is 37.7 Å². The maximum atomic E-state index is 12.4. The van der Waals surface area contributed by atoms with E-state index in [1.54, 1.807) is 0 Å². The Morgan fingerprint density at radius 2 is 1.85 bits per heavy atom. The Balaban J connectivity index is 1.79. The Morgan fingerprint density at radius 3 is 2.70 bits per heavy atom. The zero-order valence-electron chi connectivity index (χ0n) is 12.7. The summed E-state index contributed by atoms with van der Waals surface area (Å²) in [6, 6.07) is 8.35. The van der Waals surface area contributed by atoms with Gasteiger partial charge in [-0.05, 0) is 30.9 Å². The molecule has 110 valence electrons. The van der Waals surface area contributed by atoms with Gasteiger partial charge in [0.15, 0.2) is 0 Å². The van der Waals surface area contributed by atoms with Crippen LogP contribution in [0.15, 0.2) is 24.3 Å². The van der Waals surface area contributed by atoms with Crippen LogP contribution in [-0.4, -0.2) is 12.5 Å². The molecule has 1 amide bonds. The van der Waals surface area contributed by atoms with Gasteiger partial charge in [0, 0.05) is 18.7 Å². The molecule has 1 aromatic carbocycles. The molecule has 0 bridgehead atoms. The van der Waals surface area contributed by atoms with Crippen LogP contribution >= 0.6 is 0 Å². The van der Waals surface area contributed by atoms with E-state index >= 15 is 0 Å². The van der Waals surface area contributed by atoms with Crippen LogP contribution in [0.2, 0.25) is 0 Å². The molecule has 20 heavy (non-hydrogen) atoms. The van der Waals surface area contributed by atoms with Gasteiger partial charge in [0.2, 0.25) is 5.91 Å². The lowest BCUT2D eigenvalue weighted by Gasteiger charge is -2.29. The third-order valence-corrected chi connectivity index (χ3v) is 4.16. The van der Waals surface area contributed by atoms with Crippen molar-refractivity contribution in [2.24, 2.45) is 0 Å². The van der Waals surface area contributed by atoms with Gasteiger partial charge in [0.1, 0.15) is 0 Å². The molecule has 0 aromatic heterocycles. The molecule has 0 unspecified atom stereocenters. The second-order valence-corrected chi connectivity index (χ2v) is 5.80. The SMILES string of the molecule is CCCCCCCCC(=O)N1CCCc2ccccc21. The topological polar surface area (TPSA) is 20.3 Å². The first-order chi connectivity index (χ1) is 9.83. The predicted octanol–water partition coefficient (Wildman–Crippen LogP) is 4.72. The van der Waals surface area contributed by atoms with Crippen LogP contribution < -0.4 is 4.90 Å². The second-order valence-electron chi connectivity index (χ2n) is 5.80. The summed E-state index contributed by atoms with van der Waals surface area (Å²) < 4.78 is 0. The second kappa shape index (κ2) is 8.08. The number of nitrogens with zero attached hydrogens (tertiary/aromatic N) is 1. The highest BCUT2D eigenvalue weighted by Crippen LogP contribution is 2.27. The molecule has 2 nitrogen and oxygen atoms in total. The lowest BCUT2D eigenvalue weighted by Crippen LogP contribution is -2.35. The number of rotatable bonds is 7. The third-order valence-electron chi connectivity index (χ3n) is 4.16. The van der Waals surface area contributed by atoms with E-state index in [0.29, 0.717) is 12.3 Å². The molecule has 2 heteroatoms. The normalized spacial score (nSPS) is 14.2. The van der Waals surface area contributed by atoms with Gasteiger partial charge in [-0.2, -0.15) is 0 Å². The van der Waals surface area contributed by atoms with E-state index in [4.69, 9.17) is 0 Å². The summed E-state index contributed by atoms with van der Waals surface area (Å²) in [5.74, 6) is 0.313. The Bertz CT molecular complexity index is 427. The number of carbonyl (C=O) groups excluding carboxylic acids is 1. The van der Waals surface area contributed by atoms with Crippen molar-refractivity contribution in [3.05, 3.63) is 29.8 Å². The lowest BCUT2D eigenvalue weighted by molar-refractivity contribution is -0.118. The summed E-state index contributed by atoms with van der Waals surface area (Å²) in [6.45, 7) is 3.13. The summed E-state index contributed by atoms with van der Waals surface area (Å²) >= 11 is 0. The van der Waals surface area contributed by atoms with Gasteiger partial charge in [-0.25, -0.2) is 0 Å². The summed E-state index contributed by atoms with van der Waals surface area (Å²) in [4.78, 5) is 14.4. The van der Waals surface area contributed by atoms with Crippen LogP contribution in [0.1, 0.15) is 63.9 Å². The minimum atomic E-state index is 0.313. The molecule has 1 heterocycles. The molecule has 0 N–H and O–H groups in total. The minimum Gasteiger partial charge on any atom is -0.312 e. The fourth-order valence-corrected chi connectivity index (χ4v) is 2.98. The van der Waals surface area contributed by atoms with Crippen LogP contribution in [0, 0.1) is 0 Å². The Hall–Kier alpha value is -1.31. The first kappa shape index (κ1) is 15.1. The highest BCUT2D eigenvalue weighted by Gasteiger charge is 2.21. The predicted molar refractivity (Wildman–Crippen MR) is 85.1 cm³/mol. The summed E-state index contributed by atoms with van der Waals surface area (Å²) in [6.07, 6.45) is 10.4. The first-order valence-corrected chi connectivity index (χ1v) is 8.21. The number of carbonyl (C=O) groups is 1. The Morgan fingerprint density at radius 1 is 1.10 bits per heavy atom. The molecule has 1 aliphatic rings. The third kappa shape index (κ3) is 4.09. The average molecular weight is 273 g/mol. The molecule has 0 spiro atoms. The van der Waals surface area contributed by atoms with Crippen LogP contribution in [0.4, 0.5) is 5.69 Å². The molecule has 0 atom stereocenters. The summed E-state index contributed by atoms with van der Waals surface area (Å²) in [5, 5.41) is 0. The fourth-order valence-electron chi connectivity index (χ4n) is 2.98. The number of fused-ring (bicyclic) bond motifs is 1. The fraction of sp³-hybridized carbons (Fsp3) is 0.611. The maximum Gasteiger partial charge on any atom is 0.226 e. The van der Waals surface area contributed by atoms with E-state index < -0.39 is 0 Å². The number of amides is 1. The van der Waals surface area contributed by atoms with Gasteiger partial charge in [0.05, 0.1) is 0 Å². The minimum absolute atomic E-state index is 0.313. The van der Waals surface area contributed by atoms with Crippen molar-refractivity contribution in [2.45, 2.75) is 64.7 Å². The molecular weight excluding hydrogens is 246 g/mol. The largest absolute Gasteiger partial charge is 0.312 e. The smallest absolute Gasteiger partial charge is 0.226 e. The Labute approximate surface area is 123 Å². The highest BCUT2D eigenvalue weighted by atomic mass is 16.2. The van der Waals surface area contributed by atoms with Gasteiger partial charge < -0.3 is 4.90 Å². The quantitative estimate of drug-likeness (QED) is 0.658. The maximum absolute atomic E-state index is 12.4. The van der Waals surface area contributed by atoms with Crippen molar-refractivity contribution in [3.63, 3.8) is 0 Å². The van der Waals surface area contributed by atoms with Crippen LogP contribution in [0.25, 0.3) is 0 Å². The molecule has 0 saturated heterocycles. The standard InChI is InChI=1S/C18H27NO/c1-2-3-4-5-6-7-14-18(20)19-15-10-12-16-11-8-9-13-17(16)19/h8-9,11,13H,2-7,10,12,14-15H2,1H3. The van der Waals surface area contributed by atoms with Crippen molar-refractivity contribution in [1.82, 2.24) is 0 Å². The molecule has 2 rings (SSSR count). The van der Waals surface area contributed by atoms with Crippen molar-refractivity contribution < 1.29 is 4.79 Å². The zero-order valence-corrected chi connectivity index (χ0v) is 12.7.